The Morgan fingerprint density at radius 1 is 1.33 bits per heavy atom. The van der Waals surface area contributed by atoms with Crippen LogP contribution in [0.1, 0.15) is 41.5 Å². The fourth-order valence-corrected chi connectivity index (χ4v) is 3.49. The number of fused-ring (bicyclic) bond motifs is 1. The zero-order valence-corrected chi connectivity index (χ0v) is 13.9. The summed E-state index contributed by atoms with van der Waals surface area (Å²) in [6.45, 7) is 7.11. The lowest BCUT2D eigenvalue weighted by atomic mass is 10.1. The molecule has 0 aliphatic heterocycles. The predicted molar refractivity (Wildman–Crippen MR) is 89.3 cm³/mol. The minimum Gasteiger partial charge on any atom is -0.326 e. The van der Waals surface area contributed by atoms with Gasteiger partial charge in [0.1, 0.15) is 5.82 Å². The van der Waals surface area contributed by atoms with Gasteiger partial charge < -0.3 is 4.57 Å². The minimum atomic E-state index is -0.111. The molecule has 2 heterocycles. The molecule has 1 aromatic carbocycles. The van der Waals surface area contributed by atoms with Gasteiger partial charge in [-0.1, -0.05) is 19.1 Å². The molecule has 0 fully saturated rings. The van der Waals surface area contributed by atoms with Crippen LogP contribution in [0.2, 0.25) is 0 Å². The molecule has 0 saturated carbocycles. The molecule has 0 radical (unpaired) electrons. The van der Waals surface area contributed by atoms with E-state index in [-0.39, 0.29) is 5.38 Å². The molecular weight excluding hydrogens is 302 g/mol. The molecule has 0 spiro atoms. The fourth-order valence-electron chi connectivity index (χ4n) is 2.63. The van der Waals surface area contributed by atoms with Gasteiger partial charge in [0.15, 0.2) is 0 Å². The molecular formula is C16H18ClN3S. The van der Waals surface area contributed by atoms with Crippen LogP contribution in [0.5, 0.6) is 0 Å². The number of thiazole rings is 1. The van der Waals surface area contributed by atoms with Crippen LogP contribution in [0.4, 0.5) is 0 Å². The van der Waals surface area contributed by atoms with Crippen molar-refractivity contribution in [2.75, 3.05) is 0 Å². The molecule has 2 unspecified atom stereocenters. The van der Waals surface area contributed by atoms with Crippen LogP contribution in [0.3, 0.4) is 0 Å². The van der Waals surface area contributed by atoms with Gasteiger partial charge in [-0.25, -0.2) is 9.97 Å². The van der Waals surface area contributed by atoms with Gasteiger partial charge in [-0.2, -0.15) is 0 Å². The number of nitrogens with zero attached hydrogens (tertiary/aromatic N) is 3. The Hall–Kier alpha value is -1.39. The van der Waals surface area contributed by atoms with Crippen molar-refractivity contribution in [3.63, 3.8) is 0 Å². The number of aryl methyl sites for hydroxylation is 1. The maximum absolute atomic E-state index is 6.34. The summed E-state index contributed by atoms with van der Waals surface area (Å²) in [6.07, 6.45) is 1.86. The lowest BCUT2D eigenvalue weighted by Crippen LogP contribution is -2.10. The van der Waals surface area contributed by atoms with Crippen molar-refractivity contribution in [1.82, 2.24) is 14.5 Å². The van der Waals surface area contributed by atoms with E-state index in [9.17, 15) is 0 Å². The first-order valence-electron chi connectivity index (χ1n) is 7.07. The van der Waals surface area contributed by atoms with Crippen molar-refractivity contribution in [3.05, 3.63) is 46.2 Å². The van der Waals surface area contributed by atoms with E-state index in [0.717, 1.165) is 28.4 Å². The topological polar surface area (TPSA) is 30.7 Å². The second-order valence-corrected chi connectivity index (χ2v) is 6.99. The second kappa shape index (κ2) is 5.78. The molecule has 3 rings (SSSR count). The van der Waals surface area contributed by atoms with Gasteiger partial charge in [-0.3, -0.25) is 0 Å². The highest BCUT2D eigenvalue weighted by molar-refractivity contribution is 7.09. The van der Waals surface area contributed by atoms with Crippen molar-refractivity contribution in [2.24, 2.45) is 0 Å². The van der Waals surface area contributed by atoms with Gasteiger partial charge in [-0.15, -0.1) is 22.9 Å². The quantitative estimate of drug-likeness (QED) is 0.640. The van der Waals surface area contributed by atoms with Crippen molar-refractivity contribution < 1.29 is 0 Å². The molecule has 0 N–H and O–H groups in total. The summed E-state index contributed by atoms with van der Waals surface area (Å²) >= 11 is 8.04. The summed E-state index contributed by atoms with van der Waals surface area (Å²) in [7, 11) is 0. The number of halogens is 1. The molecule has 21 heavy (non-hydrogen) atoms. The Labute approximate surface area is 133 Å². The summed E-state index contributed by atoms with van der Waals surface area (Å²) in [4.78, 5) is 9.18. The van der Waals surface area contributed by atoms with Gasteiger partial charge in [0.05, 0.1) is 21.4 Å². The number of hydrogen-bond acceptors (Lipinski definition) is 3. The Balaban J connectivity index is 2.07. The summed E-state index contributed by atoms with van der Waals surface area (Å²) in [6, 6.07) is 6.28. The number of rotatable bonds is 4. The maximum atomic E-state index is 6.34. The van der Waals surface area contributed by atoms with Crippen molar-refractivity contribution in [2.45, 2.75) is 38.6 Å². The Morgan fingerprint density at radius 3 is 2.81 bits per heavy atom. The van der Waals surface area contributed by atoms with E-state index in [4.69, 9.17) is 16.6 Å². The third-order valence-electron chi connectivity index (χ3n) is 3.70. The van der Waals surface area contributed by atoms with Gasteiger partial charge in [0, 0.05) is 24.0 Å². The highest BCUT2D eigenvalue weighted by Gasteiger charge is 2.19. The number of para-hydroxylation sites is 1. The van der Waals surface area contributed by atoms with Crippen LogP contribution in [-0.4, -0.2) is 14.5 Å². The van der Waals surface area contributed by atoms with Crippen LogP contribution >= 0.6 is 22.9 Å². The number of hydrogen-bond donors (Lipinski definition) is 0. The largest absolute Gasteiger partial charge is 0.326 e. The highest BCUT2D eigenvalue weighted by atomic mass is 35.5. The van der Waals surface area contributed by atoms with E-state index in [1.165, 1.54) is 5.56 Å². The molecule has 3 aromatic rings. The predicted octanol–water partition coefficient (Wildman–Crippen LogP) is 4.90. The van der Waals surface area contributed by atoms with E-state index in [1.807, 2.05) is 18.5 Å². The first-order chi connectivity index (χ1) is 10.1. The Morgan fingerprint density at radius 2 is 2.14 bits per heavy atom. The number of imidazole rings is 1. The molecule has 0 saturated heterocycles. The molecule has 3 nitrogen and oxygen atoms in total. The van der Waals surface area contributed by atoms with Crippen molar-refractivity contribution in [1.29, 1.82) is 0 Å². The lowest BCUT2D eigenvalue weighted by Gasteiger charge is -2.14. The molecule has 5 heteroatoms. The molecule has 0 aliphatic carbocycles. The van der Waals surface area contributed by atoms with E-state index in [2.05, 4.69) is 41.6 Å². The molecule has 110 valence electrons. The van der Waals surface area contributed by atoms with Crippen LogP contribution < -0.4 is 0 Å². The molecule has 0 bridgehead atoms. The van der Waals surface area contributed by atoms with E-state index in [1.54, 1.807) is 11.3 Å². The van der Waals surface area contributed by atoms with E-state index < -0.39 is 0 Å². The second-order valence-electron chi connectivity index (χ2n) is 5.41. The summed E-state index contributed by atoms with van der Waals surface area (Å²) in [5, 5.41) is 3.06. The number of alkyl halides is 1. The number of benzene rings is 1. The third-order valence-corrected chi connectivity index (χ3v) is 4.90. The zero-order chi connectivity index (χ0) is 15.0. The Kier molecular flexibility index (Phi) is 4.00. The van der Waals surface area contributed by atoms with Crippen molar-refractivity contribution in [3.8, 4) is 0 Å². The van der Waals surface area contributed by atoms with E-state index >= 15 is 0 Å². The third kappa shape index (κ3) is 2.70. The van der Waals surface area contributed by atoms with Crippen LogP contribution in [-0.2, 0) is 6.54 Å². The molecule has 0 amide bonds. The lowest BCUT2D eigenvalue weighted by molar-refractivity contribution is 0.583. The molecule has 2 aromatic heterocycles. The normalized spacial score (nSPS) is 14.5. The maximum Gasteiger partial charge on any atom is 0.127 e. The van der Waals surface area contributed by atoms with Gasteiger partial charge in [0.2, 0.25) is 0 Å². The average molecular weight is 320 g/mol. The van der Waals surface area contributed by atoms with Gasteiger partial charge >= 0.3 is 0 Å². The first-order valence-corrected chi connectivity index (χ1v) is 8.38. The van der Waals surface area contributed by atoms with Gasteiger partial charge in [-0.05, 0) is 25.5 Å². The summed E-state index contributed by atoms with van der Waals surface area (Å²) in [5.41, 5.74) is 3.39. The first kappa shape index (κ1) is 14.5. The zero-order valence-electron chi connectivity index (χ0n) is 12.4. The molecule has 2 atom stereocenters. The van der Waals surface area contributed by atoms with Gasteiger partial charge in [0.25, 0.3) is 0 Å². The summed E-state index contributed by atoms with van der Waals surface area (Å²) < 4.78 is 2.24. The SMILES string of the molecule is Cc1cccc2c1nc(C(C)Cl)n2CC(C)c1nccs1. The fraction of sp³-hybridized carbons (Fsp3) is 0.375. The minimum absolute atomic E-state index is 0.111. The highest BCUT2D eigenvalue weighted by Crippen LogP contribution is 2.29. The Bertz CT molecular complexity index is 746. The molecule has 0 aliphatic rings. The van der Waals surface area contributed by atoms with Crippen LogP contribution in [0.25, 0.3) is 11.0 Å². The van der Waals surface area contributed by atoms with E-state index in [0.29, 0.717) is 5.92 Å². The standard InChI is InChI=1S/C16H18ClN3S/c1-10-5-4-6-13-14(10)19-15(12(3)17)20(13)9-11(2)16-18-7-8-21-16/h4-8,11-12H,9H2,1-3H3. The smallest absolute Gasteiger partial charge is 0.127 e. The monoisotopic (exact) mass is 319 g/mol. The van der Waals surface area contributed by atoms with Crippen molar-refractivity contribution >= 4 is 34.0 Å². The van der Waals surface area contributed by atoms with Crippen LogP contribution in [0.15, 0.2) is 29.8 Å². The van der Waals surface area contributed by atoms with Crippen LogP contribution in [0, 0.1) is 6.92 Å². The number of aromatic nitrogens is 3. The summed E-state index contributed by atoms with van der Waals surface area (Å²) in [5.74, 6) is 1.28. The average Bonchev–Trinajstić information content (AvgIpc) is 3.07.